The number of likely N-dealkylation sites (tertiary alicyclic amines) is 1. The first-order chi connectivity index (χ1) is 8.63. The van der Waals surface area contributed by atoms with Gasteiger partial charge in [-0.3, -0.25) is 9.69 Å². The molecule has 1 saturated heterocycles. The van der Waals surface area contributed by atoms with Crippen LogP contribution in [0.15, 0.2) is 24.3 Å². The van der Waals surface area contributed by atoms with E-state index in [1.807, 2.05) is 24.3 Å². The summed E-state index contributed by atoms with van der Waals surface area (Å²) in [6.07, 6.45) is 2.56. The lowest BCUT2D eigenvalue weighted by Gasteiger charge is -2.29. The Hall–Kier alpha value is -0.460. The molecule has 0 spiro atoms. The van der Waals surface area contributed by atoms with Crippen molar-refractivity contribution in [1.29, 1.82) is 0 Å². The second-order valence-electron chi connectivity index (χ2n) is 4.96. The summed E-state index contributed by atoms with van der Waals surface area (Å²) in [7, 11) is 0. The number of ketones is 1. The average molecular weight is 358 g/mol. The van der Waals surface area contributed by atoms with Crippen molar-refractivity contribution in [3.63, 3.8) is 0 Å². The molecule has 2 N–H and O–H groups in total. The van der Waals surface area contributed by atoms with Crippen LogP contribution in [0.1, 0.15) is 18.4 Å². The molecule has 1 aromatic rings. The molecule has 1 fully saturated rings. The predicted molar refractivity (Wildman–Crippen MR) is 81.5 cm³/mol. The normalized spacial score (nSPS) is 17.9. The number of piperidine rings is 1. The Morgan fingerprint density at radius 2 is 1.89 bits per heavy atom. The number of carbonyl (C=O) groups excluding carboxylic acids is 1. The SMILES string of the molecule is NC1CCN(CC(=O)Cc2ccc(I)cc2)CC1. The minimum atomic E-state index is 0.298. The fourth-order valence-corrected chi connectivity index (χ4v) is 2.61. The van der Waals surface area contributed by atoms with E-state index < -0.39 is 0 Å². The lowest BCUT2D eigenvalue weighted by molar-refractivity contribution is -0.119. The highest BCUT2D eigenvalue weighted by Gasteiger charge is 2.18. The number of hydrogen-bond acceptors (Lipinski definition) is 3. The lowest BCUT2D eigenvalue weighted by atomic mass is 10.0. The van der Waals surface area contributed by atoms with Crippen LogP contribution in [-0.4, -0.2) is 36.4 Å². The molecule has 1 heterocycles. The van der Waals surface area contributed by atoms with Crippen LogP contribution in [-0.2, 0) is 11.2 Å². The van der Waals surface area contributed by atoms with Gasteiger partial charge in [0.15, 0.2) is 5.78 Å². The molecular weight excluding hydrogens is 339 g/mol. The smallest absolute Gasteiger partial charge is 0.151 e. The Bertz CT molecular complexity index is 397. The van der Waals surface area contributed by atoms with Gasteiger partial charge in [-0.15, -0.1) is 0 Å². The van der Waals surface area contributed by atoms with E-state index in [1.54, 1.807) is 0 Å². The Morgan fingerprint density at radius 1 is 1.28 bits per heavy atom. The van der Waals surface area contributed by atoms with E-state index in [9.17, 15) is 4.79 Å². The summed E-state index contributed by atoms with van der Waals surface area (Å²) in [5.74, 6) is 0.298. The van der Waals surface area contributed by atoms with Crippen LogP contribution in [0.2, 0.25) is 0 Å². The molecule has 0 unspecified atom stereocenters. The van der Waals surface area contributed by atoms with Crippen LogP contribution in [0.25, 0.3) is 0 Å². The molecule has 0 aromatic heterocycles. The number of benzene rings is 1. The number of halogens is 1. The molecule has 0 amide bonds. The van der Waals surface area contributed by atoms with Gasteiger partial charge in [0, 0.05) is 29.1 Å². The van der Waals surface area contributed by atoms with Crippen molar-refractivity contribution in [3.8, 4) is 0 Å². The van der Waals surface area contributed by atoms with E-state index in [0.29, 0.717) is 24.8 Å². The molecule has 4 heteroatoms. The molecular formula is C14H19IN2O. The van der Waals surface area contributed by atoms with Crippen molar-refractivity contribution in [2.75, 3.05) is 19.6 Å². The third-order valence-corrected chi connectivity index (χ3v) is 4.07. The highest BCUT2D eigenvalue weighted by atomic mass is 127. The molecule has 1 aliphatic heterocycles. The summed E-state index contributed by atoms with van der Waals surface area (Å²) in [6, 6.07) is 8.48. The quantitative estimate of drug-likeness (QED) is 0.836. The van der Waals surface area contributed by atoms with Gasteiger partial charge in [-0.25, -0.2) is 0 Å². The van der Waals surface area contributed by atoms with Crippen LogP contribution in [0.4, 0.5) is 0 Å². The van der Waals surface area contributed by atoms with Crippen LogP contribution >= 0.6 is 22.6 Å². The average Bonchev–Trinajstić information content (AvgIpc) is 2.35. The summed E-state index contributed by atoms with van der Waals surface area (Å²) in [5, 5.41) is 0. The highest BCUT2D eigenvalue weighted by Crippen LogP contribution is 2.10. The molecule has 0 atom stereocenters. The number of Topliss-reactive ketones (excluding diaryl/α,β-unsaturated/α-hetero) is 1. The first kappa shape index (κ1) is 14.0. The molecule has 0 bridgehead atoms. The number of rotatable bonds is 4. The standard InChI is InChI=1S/C14H19IN2O/c15-12-3-1-11(2-4-12)9-14(18)10-17-7-5-13(16)6-8-17/h1-4,13H,5-10,16H2. The Balaban J connectivity index is 1.80. The van der Waals surface area contributed by atoms with E-state index >= 15 is 0 Å². The monoisotopic (exact) mass is 358 g/mol. The third-order valence-electron chi connectivity index (χ3n) is 3.35. The number of nitrogens with zero attached hydrogens (tertiary/aromatic N) is 1. The third kappa shape index (κ3) is 4.33. The Kier molecular flexibility index (Phi) is 5.14. The zero-order valence-corrected chi connectivity index (χ0v) is 12.6. The maximum absolute atomic E-state index is 12.0. The van der Waals surface area contributed by atoms with Gasteiger partial charge in [-0.05, 0) is 53.1 Å². The molecule has 3 nitrogen and oxygen atoms in total. The van der Waals surface area contributed by atoms with Crippen LogP contribution in [0.5, 0.6) is 0 Å². The van der Waals surface area contributed by atoms with Crippen LogP contribution in [0.3, 0.4) is 0 Å². The number of carbonyl (C=O) groups is 1. The Morgan fingerprint density at radius 3 is 2.50 bits per heavy atom. The first-order valence-electron chi connectivity index (χ1n) is 6.37. The molecule has 0 saturated carbocycles. The number of hydrogen-bond donors (Lipinski definition) is 1. The predicted octanol–water partition coefficient (Wildman–Crippen LogP) is 1.83. The molecule has 0 aliphatic carbocycles. The molecule has 18 heavy (non-hydrogen) atoms. The van der Waals surface area contributed by atoms with Crippen molar-refractivity contribution in [1.82, 2.24) is 4.90 Å². The van der Waals surface area contributed by atoms with Gasteiger partial charge >= 0.3 is 0 Å². The highest BCUT2D eigenvalue weighted by molar-refractivity contribution is 14.1. The fourth-order valence-electron chi connectivity index (χ4n) is 2.25. The minimum Gasteiger partial charge on any atom is -0.328 e. The van der Waals surface area contributed by atoms with Crippen molar-refractivity contribution >= 4 is 28.4 Å². The molecule has 98 valence electrons. The van der Waals surface area contributed by atoms with E-state index in [4.69, 9.17) is 5.73 Å². The largest absolute Gasteiger partial charge is 0.328 e. The van der Waals surface area contributed by atoms with Gasteiger partial charge in [0.25, 0.3) is 0 Å². The van der Waals surface area contributed by atoms with Gasteiger partial charge in [-0.1, -0.05) is 12.1 Å². The molecule has 0 radical (unpaired) electrons. The van der Waals surface area contributed by atoms with Gasteiger partial charge in [0.2, 0.25) is 0 Å². The maximum Gasteiger partial charge on any atom is 0.151 e. The summed E-state index contributed by atoms with van der Waals surface area (Å²) in [5.41, 5.74) is 6.96. The zero-order chi connectivity index (χ0) is 13.0. The van der Waals surface area contributed by atoms with Gasteiger partial charge in [-0.2, -0.15) is 0 Å². The molecule has 1 aliphatic rings. The maximum atomic E-state index is 12.0. The van der Waals surface area contributed by atoms with Gasteiger partial charge in [0.05, 0.1) is 6.54 Å². The molecule has 1 aromatic carbocycles. The summed E-state index contributed by atoms with van der Waals surface area (Å²) in [4.78, 5) is 14.2. The van der Waals surface area contributed by atoms with Crippen LogP contribution in [0, 0.1) is 3.57 Å². The fraction of sp³-hybridized carbons (Fsp3) is 0.500. The molecule has 2 rings (SSSR count). The van der Waals surface area contributed by atoms with E-state index in [-0.39, 0.29) is 0 Å². The van der Waals surface area contributed by atoms with E-state index in [2.05, 4.69) is 27.5 Å². The van der Waals surface area contributed by atoms with Crippen molar-refractivity contribution in [2.24, 2.45) is 5.73 Å². The van der Waals surface area contributed by atoms with Crippen molar-refractivity contribution in [2.45, 2.75) is 25.3 Å². The van der Waals surface area contributed by atoms with Crippen molar-refractivity contribution < 1.29 is 4.79 Å². The summed E-state index contributed by atoms with van der Waals surface area (Å²) in [6.45, 7) is 2.48. The first-order valence-corrected chi connectivity index (χ1v) is 7.45. The van der Waals surface area contributed by atoms with Crippen LogP contribution < -0.4 is 5.73 Å². The Labute approximate surface area is 122 Å². The van der Waals surface area contributed by atoms with Crippen molar-refractivity contribution in [3.05, 3.63) is 33.4 Å². The second-order valence-corrected chi connectivity index (χ2v) is 6.20. The lowest BCUT2D eigenvalue weighted by Crippen LogP contribution is -2.42. The summed E-state index contributed by atoms with van der Waals surface area (Å²) < 4.78 is 1.20. The number of nitrogens with two attached hydrogens (primary N) is 1. The van der Waals surface area contributed by atoms with Gasteiger partial charge < -0.3 is 5.73 Å². The summed E-state index contributed by atoms with van der Waals surface area (Å²) >= 11 is 2.27. The second kappa shape index (κ2) is 6.63. The topological polar surface area (TPSA) is 46.3 Å². The van der Waals surface area contributed by atoms with E-state index in [0.717, 1.165) is 31.5 Å². The van der Waals surface area contributed by atoms with E-state index in [1.165, 1.54) is 3.57 Å². The van der Waals surface area contributed by atoms with Gasteiger partial charge in [0.1, 0.15) is 0 Å². The zero-order valence-electron chi connectivity index (χ0n) is 10.4. The minimum absolute atomic E-state index is 0.298.